The summed E-state index contributed by atoms with van der Waals surface area (Å²) >= 11 is 0. The van der Waals surface area contributed by atoms with Crippen LogP contribution in [-0.4, -0.2) is 175 Å². The normalized spacial score (nSPS) is 28.8. The maximum absolute atomic E-state index is 15.4. The van der Waals surface area contributed by atoms with Gasteiger partial charge in [0.05, 0.1) is 61.3 Å². The third-order valence-corrected chi connectivity index (χ3v) is 20.5. The molecule has 3 N–H and O–H groups in total. The Labute approximate surface area is 488 Å². The van der Waals surface area contributed by atoms with Gasteiger partial charge in [-0.25, -0.2) is 9.82 Å². The number of hydrogen-bond donors (Lipinski definition) is 3. The molecule has 2 aromatic heterocycles. The van der Waals surface area contributed by atoms with Gasteiger partial charge in [0.25, 0.3) is 5.91 Å². The zero-order chi connectivity index (χ0) is 57.3. The SMILES string of the molecule is CCn1c(-c2cc(N3CCN4CCOC[C@@H]4C3)cnc2[C@H](C)OC)c2c3cc(ccc31)-c1cc(CF)cc(c1)C[C@H](NC(=O)[C@H](C1CCCC1)N1CC[C@]3(CCN(C(=O)[C@@H]4N[C@@H]4C4CC4)C3)C1)C(=O)N1CCC[C@H](N1)C(=O)OCC(C)(C)C2. The van der Waals surface area contributed by atoms with Crippen molar-refractivity contribution < 1.29 is 37.8 Å². The predicted molar refractivity (Wildman–Crippen MR) is 316 cm³/mol. The number of benzene rings is 2. The van der Waals surface area contributed by atoms with Crippen LogP contribution in [0.3, 0.4) is 0 Å². The van der Waals surface area contributed by atoms with Crippen molar-refractivity contribution in [3.63, 3.8) is 0 Å². The summed E-state index contributed by atoms with van der Waals surface area (Å²) in [5, 5.41) is 9.36. The molecule has 6 saturated heterocycles. The van der Waals surface area contributed by atoms with E-state index >= 15 is 14.0 Å². The molecule has 7 aliphatic heterocycles. The number of piperazine rings is 1. The number of pyridine rings is 1. The molecule has 9 aliphatic rings. The number of aryl methyl sites for hydroxylation is 1. The monoisotopic (exact) mass is 1140 g/mol. The van der Waals surface area contributed by atoms with Gasteiger partial charge in [-0.3, -0.25) is 44.3 Å². The molecule has 2 aromatic carbocycles. The number of rotatable bonds is 12. The first kappa shape index (κ1) is 56.6. The van der Waals surface area contributed by atoms with Gasteiger partial charge in [-0.05, 0) is 142 Å². The highest BCUT2D eigenvalue weighted by Crippen LogP contribution is 2.47. The van der Waals surface area contributed by atoms with Crippen molar-refractivity contribution in [3.8, 4) is 22.4 Å². The number of carbonyl (C=O) groups excluding carboxylic acids is 4. The highest BCUT2D eigenvalue weighted by Gasteiger charge is 2.55. The van der Waals surface area contributed by atoms with Crippen LogP contribution in [0.5, 0.6) is 0 Å². The number of nitrogens with zero attached hydrogens (tertiary/aromatic N) is 7. The number of amides is 3. The fourth-order valence-electron chi connectivity index (χ4n) is 15.7. The summed E-state index contributed by atoms with van der Waals surface area (Å²) in [6.45, 7) is 16.9. The molecule has 8 atom stereocenters. The summed E-state index contributed by atoms with van der Waals surface area (Å²) in [5.41, 5.74) is 11.6. The number of hydrogen-bond acceptors (Lipinski definition) is 13. The van der Waals surface area contributed by atoms with E-state index in [2.05, 4.69) is 91.3 Å². The molecule has 17 nitrogen and oxygen atoms in total. The highest BCUT2D eigenvalue weighted by atomic mass is 19.1. The summed E-state index contributed by atoms with van der Waals surface area (Å²) in [6, 6.07) is 12.9. The second kappa shape index (κ2) is 23.1. The minimum Gasteiger partial charge on any atom is -0.464 e. The van der Waals surface area contributed by atoms with E-state index < -0.39 is 36.2 Å². The van der Waals surface area contributed by atoms with Crippen molar-refractivity contribution in [1.29, 1.82) is 0 Å². The number of alkyl halides is 1. The third-order valence-electron chi connectivity index (χ3n) is 20.5. The summed E-state index contributed by atoms with van der Waals surface area (Å²) in [6.07, 6.45) is 11.6. The van der Waals surface area contributed by atoms with Gasteiger partial charge in [-0.1, -0.05) is 44.9 Å². The molecule has 2 saturated carbocycles. The lowest BCUT2D eigenvalue weighted by atomic mass is 9.84. The molecule has 2 aliphatic carbocycles. The number of likely N-dealkylation sites (tertiary alicyclic amines) is 2. The number of cyclic esters (lactones) is 1. The topological polar surface area (TPSA) is 176 Å². The number of morpholine rings is 1. The molecule has 8 fully saturated rings. The molecule has 1 spiro atoms. The van der Waals surface area contributed by atoms with Gasteiger partial charge >= 0.3 is 5.97 Å². The summed E-state index contributed by atoms with van der Waals surface area (Å²) in [5.74, 6) is 0.0448. The molecule has 446 valence electrons. The van der Waals surface area contributed by atoms with E-state index in [1.807, 2.05) is 25.3 Å². The van der Waals surface area contributed by atoms with Crippen molar-refractivity contribution in [3.05, 3.63) is 71.0 Å². The average molecular weight is 1140 g/mol. The third kappa shape index (κ3) is 11.3. The van der Waals surface area contributed by atoms with Crippen LogP contribution in [0.4, 0.5) is 10.1 Å². The summed E-state index contributed by atoms with van der Waals surface area (Å²) < 4.78 is 36.1. The molecular formula is C65H87FN10O7. The number of fused-ring (bicyclic) bond motifs is 7. The smallest absolute Gasteiger partial charge is 0.324 e. The Bertz CT molecular complexity index is 3120. The number of hydrazine groups is 1. The molecule has 6 bridgehead atoms. The first-order chi connectivity index (χ1) is 40.2. The quantitative estimate of drug-likeness (QED) is 0.0981. The van der Waals surface area contributed by atoms with Gasteiger partial charge in [0, 0.05) is 106 Å². The number of anilines is 1. The minimum atomic E-state index is -1.03. The number of nitrogens with one attached hydrogen (secondary N) is 3. The molecule has 18 heteroatoms. The van der Waals surface area contributed by atoms with Gasteiger partial charge in [-0.15, -0.1) is 0 Å². The maximum atomic E-state index is 15.4. The van der Waals surface area contributed by atoms with Crippen LogP contribution >= 0.6 is 0 Å². The Morgan fingerprint density at radius 2 is 1.77 bits per heavy atom. The van der Waals surface area contributed by atoms with Crippen LogP contribution in [0, 0.1) is 22.7 Å². The molecule has 9 heterocycles. The van der Waals surface area contributed by atoms with E-state index in [-0.39, 0.29) is 54.2 Å². The number of carbonyl (C=O) groups is 4. The zero-order valence-corrected chi connectivity index (χ0v) is 49.6. The van der Waals surface area contributed by atoms with Gasteiger partial charge in [0.15, 0.2) is 0 Å². The number of methoxy groups -OCH3 is 1. The lowest BCUT2D eigenvalue weighted by Crippen LogP contribution is -2.62. The molecule has 0 radical (unpaired) electrons. The first-order valence-electron chi connectivity index (χ1n) is 31.5. The average Bonchev–Trinajstić information content (AvgIpc) is 3.06. The van der Waals surface area contributed by atoms with Crippen LogP contribution < -0.4 is 21.0 Å². The van der Waals surface area contributed by atoms with Crippen LogP contribution in [-0.2, 0) is 59.4 Å². The summed E-state index contributed by atoms with van der Waals surface area (Å²) in [4.78, 5) is 73.4. The number of ether oxygens (including phenoxy) is 3. The lowest BCUT2D eigenvalue weighted by molar-refractivity contribution is -0.155. The van der Waals surface area contributed by atoms with E-state index in [4.69, 9.17) is 19.2 Å². The van der Waals surface area contributed by atoms with Crippen molar-refractivity contribution in [2.24, 2.45) is 22.7 Å². The number of esters is 1. The van der Waals surface area contributed by atoms with Gasteiger partial charge in [-0.2, -0.15) is 0 Å². The van der Waals surface area contributed by atoms with Gasteiger partial charge in [0.1, 0.15) is 24.8 Å². The van der Waals surface area contributed by atoms with E-state index in [0.717, 1.165) is 147 Å². The Morgan fingerprint density at radius 1 is 0.940 bits per heavy atom. The zero-order valence-electron chi connectivity index (χ0n) is 49.6. The van der Waals surface area contributed by atoms with Crippen LogP contribution in [0.25, 0.3) is 33.3 Å². The fraction of sp³-hybridized carbons (Fsp3) is 0.646. The Kier molecular flexibility index (Phi) is 15.7. The van der Waals surface area contributed by atoms with E-state index in [1.54, 1.807) is 7.11 Å². The molecule has 4 aromatic rings. The second-order valence-electron chi connectivity index (χ2n) is 26.9. The Morgan fingerprint density at radius 3 is 2.57 bits per heavy atom. The van der Waals surface area contributed by atoms with Crippen LogP contribution in [0.2, 0.25) is 0 Å². The van der Waals surface area contributed by atoms with Crippen LogP contribution in [0.1, 0.15) is 120 Å². The molecule has 0 unspecified atom stereocenters. The van der Waals surface area contributed by atoms with Gasteiger partial charge in [0.2, 0.25) is 11.8 Å². The van der Waals surface area contributed by atoms with Gasteiger partial charge < -0.3 is 33.9 Å². The molecule has 3 amide bonds. The Balaban J connectivity index is 0.857. The first-order valence-corrected chi connectivity index (χ1v) is 31.5. The summed E-state index contributed by atoms with van der Waals surface area (Å²) in [7, 11) is 1.72. The molecular weight excluding hydrogens is 1050 g/mol. The number of aromatic nitrogens is 2. The highest BCUT2D eigenvalue weighted by molar-refractivity contribution is 5.96. The minimum absolute atomic E-state index is 0.0499. The van der Waals surface area contributed by atoms with Crippen molar-refractivity contribution in [2.75, 3.05) is 90.7 Å². The lowest BCUT2D eigenvalue weighted by Gasteiger charge is -2.44. The van der Waals surface area contributed by atoms with Crippen molar-refractivity contribution >= 4 is 40.3 Å². The number of halogens is 1. The fourth-order valence-corrected chi connectivity index (χ4v) is 15.7. The van der Waals surface area contributed by atoms with E-state index in [9.17, 15) is 9.59 Å². The Hall–Kier alpha value is -5.50. The second-order valence-corrected chi connectivity index (χ2v) is 26.9. The van der Waals surface area contributed by atoms with Crippen molar-refractivity contribution in [2.45, 2.75) is 160 Å². The standard InChI is InChI=1S/C65H87FN10O7/c1-6-75-54-16-15-45-30-49(54)51(59(75)50-31-47(34-67-55(50)40(2)81-5)72-23-22-71-24-25-82-36-48(71)35-72)32-64(3,4)39-83-63(80)52-12-9-19-76(70-52)61(78)53(29-41-26-42(33-66)28-46(45)27-41)68-60(77)58(44-10-7-8-11-44)73-20-17-65(37-73)18-21-74(38-65)62(79)57-56(69-57)43-13-14-43/h15-16,26-28,30-31,34,40,43-44,48,52-53,56-58,69-70H,6-14,17-25,29,32-33,35-39H2,1-5H3,(H,68,77)/t40-,48-,52-,53-,56+,57+,58-,65-/m0/s1. The van der Waals surface area contributed by atoms with Crippen LogP contribution in [0.15, 0.2) is 48.7 Å². The van der Waals surface area contributed by atoms with Crippen molar-refractivity contribution in [1.82, 2.24) is 45.3 Å². The van der Waals surface area contributed by atoms with E-state index in [1.165, 1.54) is 17.9 Å². The largest absolute Gasteiger partial charge is 0.464 e. The maximum Gasteiger partial charge on any atom is 0.324 e. The molecule has 83 heavy (non-hydrogen) atoms. The molecule has 13 rings (SSSR count). The van der Waals surface area contributed by atoms with E-state index in [0.29, 0.717) is 69.1 Å². The predicted octanol–water partition coefficient (Wildman–Crippen LogP) is 6.97.